The van der Waals surface area contributed by atoms with Gasteiger partial charge in [0.1, 0.15) is 0 Å². The molecule has 0 spiro atoms. The van der Waals surface area contributed by atoms with E-state index < -0.39 is 9.84 Å². The van der Waals surface area contributed by atoms with Crippen LogP contribution in [0.5, 0.6) is 0 Å². The number of sulfone groups is 1. The molecule has 0 amide bonds. The minimum Gasteiger partial charge on any atom is -0.398 e. The fourth-order valence-electron chi connectivity index (χ4n) is 1.66. The van der Waals surface area contributed by atoms with E-state index in [4.69, 9.17) is 17.3 Å². The van der Waals surface area contributed by atoms with Crippen molar-refractivity contribution in [3.05, 3.63) is 57.5 Å². The normalized spacial score (nSPS) is 11.5. The van der Waals surface area contributed by atoms with E-state index in [1.165, 1.54) is 0 Å². The summed E-state index contributed by atoms with van der Waals surface area (Å²) in [5, 5.41) is 0.360. The van der Waals surface area contributed by atoms with Crippen molar-refractivity contribution in [2.75, 3.05) is 5.73 Å². The highest BCUT2D eigenvalue weighted by atomic mass is 79.9. The van der Waals surface area contributed by atoms with Gasteiger partial charge in [0.15, 0.2) is 9.84 Å². The highest BCUT2D eigenvalue weighted by molar-refractivity contribution is 9.10. The highest BCUT2D eigenvalue weighted by Crippen LogP contribution is 2.27. The maximum absolute atomic E-state index is 12.3. The van der Waals surface area contributed by atoms with E-state index in [1.54, 1.807) is 42.5 Å². The molecule has 2 N–H and O–H groups in total. The third kappa shape index (κ3) is 3.29. The lowest BCUT2D eigenvalue weighted by atomic mass is 10.2. The van der Waals surface area contributed by atoms with E-state index in [0.29, 0.717) is 20.7 Å². The van der Waals surface area contributed by atoms with Gasteiger partial charge in [-0.1, -0.05) is 39.7 Å². The topological polar surface area (TPSA) is 60.2 Å². The average Bonchev–Trinajstić information content (AvgIpc) is 2.34. The Balaban J connectivity index is 2.42. The fraction of sp³-hybridized carbons (Fsp3) is 0.0769. The standard InChI is InChI=1S/C13H11BrClNO2S/c14-9-3-1-4-10(7-9)19(17,18)8-11-12(15)5-2-6-13(11)16/h1-7H,8,16H2. The quantitative estimate of drug-likeness (QED) is 0.850. The average molecular weight is 361 g/mol. The Hall–Kier alpha value is -1.04. The Morgan fingerprint density at radius 3 is 2.47 bits per heavy atom. The van der Waals surface area contributed by atoms with Crippen LogP contribution in [0.1, 0.15) is 5.56 Å². The van der Waals surface area contributed by atoms with Crippen molar-refractivity contribution in [1.29, 1.82) is 0 Å². The first-order valence-electron chi connectivity index (χ1n) is 5.41. The van der Waals surface area contributed by atoms with Gasteiger partial charge in [0.2, 0.25) is 0 Å². The Morgan fingerprint density at radius 1 is 1.16 bits per heavy atom. The summed E-state index contributed by atoms with van der Waals surface area (Å²) in [7, 11) is -3.48. The van der Waals surface area contributed by atoms with E-state index in [2.05, 4.69) is 15.9 Å². The first kappa shape index (κ1) is 14.4. The third-order valence-corrected chi connectivity index (χ3v) is 5.13. The molecule has 19 heavy (non-hydrogen) atoms. The summed E-state index contributed by atoms with van der Waals surface area (Å²) in [5.41, 5.74) is 6.59. The van der Waals surface area contributed by atoms with Crippen molar-refractivity contribution >= 4 is 43.1 Å². The molecule has 0 heterocycles. The summed E-state index contributed by atoms with van der Waals surface area (Å²) in [6.45, 7) is 0. The van der Waals surface area contributed by atoms with E-state index in [0.717, 1.165) is 0 Å². The molecule has 0 unspecified atom stereocenters. The molecule has 2 aromatic carbocycles. The molecule has 0 fully saturated rings. The molecule has 0 atom stereocenters. The lowest BCUT2D eigenvalue weighted by Gasteiger charge is -2.09. The van der Waals surface area contributed by atoms with Gasteiger partial charge in [-0.2, -0.15) is 0 Å². The second-order valence-electron chi connectivity index (χ2n) is 4.02. The number of hydrogen-bond donors (Lipinski definition) is 1. The molecule has 2 rings (SSSR count). The van der Waals surface area contributed by atoms with Crippen molar-refractivity contribution < 1.29 is 8.42 Å². The Bertz CT molecular complexity index is 696. The molecule has 0 aliphatic carbocycles. The zero-order chi connectivity index (χ0) is 14.0. The molecule has 3 nitrogen and oxygen atoms in total. The molecule has 2 aromatic rings. The second-order valence-corrected chi connectivity index (χ2v) is 7.34. The minimum atomic E-state index is -3.48. The van der Waals surface area contributed by atoms with E-state index in [9.17, 15) is 8.42 Å². The summed E-state index contributed by atoms with van der Waals surface area (Å²) in [6, 6.07) is 11.5. The number of nitrogens with two attached hydrogens (primary N) is 1. The lowest BCUT2D eigenvalue weighted by molar-refractivity contribution is 0.595. The van der Waals surface area contributed by atoms with Crippen LogP contribution >= 0.6 is 27.5 Å². The molecule has 6 heteroatoms. The molecule has 0 bridgehead atoms. The van der Waals surface area contributed by atoms with E-state index in [1.807, 2.05) is 0 Å². The Morgan fingerprint density at radius 2 is 1.84 bits per heavy atom. The molecule has 0 aliphatic heterocycles. The van der Waals surface area contributed by atoms with Crippen LogP contribution in [-0.2, 0) is 15.6 Å². The number of hydrogen-bond acceptors (Lipinski definition) is 3. The second kappa shape index (κ2) is 5.53. The summed E-state index contributed by atoms with van der Waals surface area (Å²) < 4.78 is 25.4. The lowest BCUT2D eigenvalue weighted by Crippen LogP contribution is -2.07. The zero-order valence-electron chi connectivity index (χ0n) is 9.81. The summed E-state index contributed by atoms with van der Waals surface area (Å²) in [4.78, 5) is 0.237. The van der Waals surface area contributed by atoms with Gasteiger partial charge in [-0.3, -0.25) is 0 Å². The van der Waals surface area contributed by atoms with Crippen LogP contribution in [0.25, 0.3) is 0 Å². The first-order valence-corrected chi connectivity index (χ1v) is 8.23. The molecule has 0 saturated carbocycles. The molecule has 0 saturated heterocycles. The van der Waals surface area contributed by atoms with Gasteiger partial charge in [0, 0.05) is 20.7 Å². The van der Waals surface area contributed by atoms with Crippen molar-refractivity contribution in [3.8, 4) is 0 Å². The van der Waals surface area contributed by atoms with Gasteiger partial charge in [-0.25, -0.2) is 8.42 Å². The van der Waals surface area contributed by atoms with Gasteiger partial charge >= 0.3 is 0 Å². The van der Waals surface area contributed by atoms with Gasteiger partial charge in [-0.15, -0.1) is 0 Å². The molecule has 0 aliphatic rings. The number of nitrogen functional groups attached to an aromatic ring is 1. The minimum absolute atomic E-state index is 0.213. The molecule has 0 radical (unpaired) electrons. The van der Waals surface area contributed by atoms with Crippen molar-refractivity contribution in [1.82, 2.24) is 0 Å². The Labute approximate surface area is 125 Å². The number of halogens is 2. The van der Waals surface area contributed by atoms with Gasteiger partial charge < -0.3 is 5.73 Å². The van der Waals surface area contributed by atoms with Crippen LogP contribution in [0.2, 0.25) is 5.02 Å². The predicted molar refractivity (Wildman–Crippen MR) is 80.9 cm³/mol. The molecule has 100 valence electrons. The summed E-state index contributed by atoms with van der Waals surface area (Å²) in [6.07, 6.45) is 0. The fourth-order valence-corrected chi connectivity index (χ4v) is 4.00. The SMILES string of the molecule is Nc1cccc(Cl)c1CS(=O)(=O)c1cccc(Br)c1. The van der Waals surface area contributed by atoms with Crippen LogP contribution in [0, 0.1) is 0 Å². The number of rotatable bonds is 3. The maximum Gasteiger partial charge on any atom is 0.182 e. The van der Waals surface area contributed by atoms with Gasteiger partial charge in [0.05, 0.1) is 10.6 Å². The Kier molecular flexibility index (Phi) is 4.18. The van der Waals surface area contributed by atoms with Crippen LogP contribution < -0.4 is 5.73 Å². The maximum atomic E-state index is 12.3. The van der Waals surface area contributed by atoms with Crippen molar-refractivity contribution in [2.45, 2.75) is 10.6 Å². The molecular formula is C13H11BrClNO2S. The van der Waals surface area contributed by atoms with Crippen molar-refractivity contribution in [3.63, 3.8) is 0 Å². The van der Waals surface area contributed by atoms with Gasteiger partial charge in [0.25, 0.3) is 0 Å². The molecule has 0 aromatic heterocycles. The summed E-state index contributed by atoms with van der Waals surface area (Å²) >= 11 is 9.25. The predicted octanol–water partition coefficient (Wildman–Crippen LogP) is 3.66. The largest absolute Gasteiger partial charge is 0.398 e. The monoisotopic (exact) mass is 359 g/mol. The number of benzene rings is 2. The van der Waals surface area contributed by atoms with Crippen molar-refractivity contribution in [2.24, 2.45) is 0 Å². The number of anilines is 1. The van der Waals surface area contributed by atoms with Crippen LogP contribution in [0.3, 0.4) is 0 Å². The smallest absolute Gasteiger partial charge is 0.182 e. The van der Waals surface area contributed by atoms with Crippen LogP contribution in [0.4, 0.5) is 5.69 Å². The van der Waals surface area contributed by atoms with Crippen LogP contribution in [0.15, 0.2) is 51.8 Å². The van der Waals surface area contributed by atoms with E-state index in [-0.39, 0.29) is 10.6 Å². The summed E-state index contributed by atoms with van der Waals surface area (Å²) in [5.74, 6) is -0.213. The van der Waals surface area contributed by atoms with Gasteiger partial charge in [-0.05, 0) is 30.3 Å². The third-order valence-electron chi connectivity index (χ3n) is 2.64. The zero-order valence-corrected chi connectivity index (χ0v) is 13.0. The van der Waals surface area contributed by atoms with Crippen LogP contribution in [-0.4, -0.2) is 8.42 Å². The molecular weight excluding hydrogens is 350 g/mol. The van der Waals surface area contributed by atoms with E-state index >= 15 is 0 Å². The highest BCUT2D eigenvalue weighted by Gasteiger charge is 2.18. The first-order chi connectivity index (χ1) is 8.90.